The number of amides is 1. The van der Waals surface area contributed by atoms with E-state index in [1.54, 1.807) is 0 Å². The molecule has 15 heteroatoms. The number of nitrogens with one attached hydrogen (secondary N) is 1. The Morgan fingerprint density at radius 1 is 0.708 bits per heavy atom. The van der Waals surface area contributed by atoms with Crippen LogP contribution < -0.4 is 35.0 Å². The Morgan fingerprint density at radius 3 is 1.69 bits per heavy atom. The summed E-state index contributed by atoms with van der Waals surface area (Å²) in [4.78, 5) is 44.6. The van der Waals surface area contributed by atoms with Gasteiger partial charge in [0, 0.05) is 19.3 Å². The zero-order valence-electron chi connectivity index (χ0n) is 39.5. The van der Waals surface area contributed by atoms with Crippen molar-refractivity contribution in [3.63, 3.8) is 0 Å². The van der Waals surface area contributed by atoms with Gasteiger partial charge in [0.2, 0.25) is 16.3 Å². The smallest absolute Gasteiger partial charge is 0.726 e. The Kier molecular flexibility index (Phi) is 33.1. The van der Waals surface area contributed by atoms with E-state index >= 15 is 0 Å². The van der Waals surface area contributed by atoms with Crippen molar-refractivity contribution >= 4 is 28.2 Å². The van der Waals surface area contributed by atoms with Gasteiger partial charge in [0.25, 0.3) is 0 Å². The van der Waals surface area contributed by atoms with E-state index in [2.05, 4.69) is 48.8 Å². The Morgan fingerprint density at radius 2 is 1.18 bits per heavy atom. The van der Waals surface area contributed by atoms with Gasteiger partial charge >= 0.3 is 41.5 Å². The summed E-state index contributed by atoms with van der Waals surface area (Å²) >= 11 is 0. The number of unbranched alkanes of at least 4 members (excludes halogenated alkanes) is 18. The molecule has 0 bridgehead atoms. The molecule has 0 spiro atoms. The van der Waals surface area contributed by atoms with Gasteiger partial charge in [0.1, 0.15) is 24.4 Å². The Labute approximate surface area is 412 Å². The van der Waals surface area contributed by atoms with Crippen LogP contribution in [0.4, 0.5) is 0 Å². The number of esters is 2. The van der Waals surface area contributed by atoms with Crippen LogP contribution in [0.25, 0.3) is 0 Å². The summed E-state index contributed by atoms with van der Waals surface area (Å²) in [6.07, 6.45) is 17.8. The SMILES string of the molecule is CCCCCCCCCCCC(CC(=O)NOC1C[C@@H](OC(=O)CCCCCCCCc2ccccc2)[C@H](OS(=O)(=O)[O-])[C@@H](CO)O1)OC(=O)CCCCCCCCc1ccccc1.[Na+]. The van der Waals surface area contributed by atoms with Crippen LogP contribution in [0.15, 0.2) is 60.7 Å². The second kappa shape index (κ2) is 36.6. The molecule has 1 amide bonds. The van der Waals surface area contributed by atoms with Gasteiger partial charge in [0.15, 0.2) is 6.29 Å². The fourth-order valence-corrected chi connectivity index (χ4v) is 8.65. The van der Waals surface area contributed by atoms with Crippen LogP contribution in [0.1, 0.15) is 185 Å². The molecular weight excluding hydrogens is 862 g/mol. The van der Waals surface area contributed by atoms with E-state index in [0.717, 1.165) is 103 Å². The Bertz CT molecular complexity index is 1640. The van der Waals surface area contributed by atoms with Gasteiger partial charge in [-0.25, -0.2) is 18.7 Å². The van der Waals surface area contributed by atoms with Crippen molar-refractivity contribution in [3.8, 4) is 0 Å². The number of aryl methyl sites for hydroxylation is 2. The van der Waals surface area contributed by atoms with Crippen molar-refractivity contribution in [2.75, 3.05) is 6.61 Å². The van der Waals surface area contributed by atoms with Gasteiger partial charge in [-0.3, -0.25) is 18.6 Å². The van der Waals surface area contributed by atoms with Crippen molar-refractivity contribution < 1.29 is 85.2 Å². The van der Waals surface area contributed by atoms with E-state index in [4.69, 9.17) is 23.2 Å². The van der Waals surface area contributed by atoms with Gasteiger partial charge in [-0.2, -0.15) is 0 Å². The summed E-state index contributed by atoms with van der Waals surface area (Å²) in [5.41, 5.74) is 5.00. The Balaban J connectivity index is 0.0000145. The van der Waals surface area contributed by atoms with Crippen LogP contribution in [-0.2, 0) is 60.9 Å². The molecule has 2 N–H and O–H groups in total. The van der Waals surface area contributed by atoms with Crippen LogP contribution in [0.5, 0.6) is 0 Å². The predicted molar refractivity (Wildman–Crippen MR) is 245 cm³/mol. The molecule has 0 aliphatic carbocycles. The molecule has 13 nitrogen and oxygen atoms in total. The molecule has 2 aromatic rings. The molecular formula is C50H78NNaO12S. The minimum Gasteiger partial charge on any atom is -0.726 e. The molecule has 1 aliphatic rings. The molecule has 0 saturated carbocycles. The van der Waals surface area contributed by atoms with Crippen molar-refractivity contribution in [1.29, 1.82) is 0 Å². The maximum atomic E-state index is 13.2. The van der Waals surface area contributed by atoms with Gasteiger partial charge in [0.05, 0.1) is 13.0 Å². The van der Waals surface area contributed by atoms with Crippen molar-refractivity contribution in [2.24, 2.45) is 0 Å². The molecule has 2 unspecified atom stereocenters. The van der Waals surface area contributed by atoms with Crippen molar-refractivity contribution in [2.45, 2.75) is 217 Å². The van der Waals surface area contributed by atoms with E-state index in [0.29, 0.717) is 19.3 Å². The number of ether oxygens (including phenoxy) is 3. The average Bonchev–Trinajstić information content (AvgIpc) is 3.27. The number of aliphatic hydroxyl groups is 1. The molecule has 3 rings (SSSR count). The molecule has 1 fully saturated rings. The summed E-state index contributed by atoms with van der Waals surface area (Å²) < 4.78 is 56.6. The topological polar surface area (TPSA) is 187 Å². The number of hydrogen-bond acceptors (Lipinski definition) is 12. The van der Waals surface area contributed by atoms with Gasteiger partial charge in [-0.15, -0.1) is 0 Å². The third-order valence-electron chi connectivity index (χ3n) is 11.7. The number of carbonyl (C=O) groups is 3. The summed E-state index contributed by atoms with van der Waals surface area (Å²) in [7, 11) is -5.28. The third-order valence-corrected chi connectivity index (χ3v) is 12.2. The molecule has 0 radical (unpaired) electrons. The van der Waals surface area contributed by atoms with Crippen LogP contribution >= 0.6 is 0 Å². The molecule has 362 valence electrons. The van der Waals surface area contributed by atoms with Crippen molar-refractivity contribution in [1.82, 2.24) is 5.48 Å². The fourth-order valence-electron chi connectivity index (χ4n) is 8.13. The number of hydrogen-bond donors (Lipinski definition) is 2. The average molecular weight is 940 g/mol. The normalized spacial score (nSPS) is 17.8. The summed E-state index contributed by atoms with van der Waals surface area (Å²) in [6.45, 7) is 1.41. The summed E-state index contributed by atoms with van der Waals surface area (Å²) in [5.74, 6) is -1.56. The standard InChI is InChI=1S/C50H79NO12S.Na/c1-2-3-4-5-6-7-8-15-26-35-43(59-47(54)36-27-16-11-9-13-20-29-41-31-22-18-23-32-41)38-46(53)51-62-49-39-44(50(45(40-52)61-49)63-64(56,57)58)60-48(55)37-28-17-12-10-14-21-30-42-33-24-19-25-34-42;/h18-19,22-25,31-34,43-45,49-50,52H,2-17,20-21,26-30,35-40H2,1H3,(H,51,53)(H,56,57,58);/q;+1/p-1/t43?,44-,45-,49?,50+;/m1./s1. The first-order valence-electron chi connectivity index (χ1n) is 24.4. The minimum absolute atomic E-state index is 0. The molecule has 1 saturated heterocycles. The van der Waals surface area contributed by atoms with E-state index < -0.39 is 59.6 Å². The molecule has 1 heterocycles. The second-order valence-corrected chi connectivity index (χ2v) is 18.3. The maximum absolute atomic E-state index is 13.2. The van der Waals surface area contributed by atoms with Crippen molar-refractivity contribution in [3.05, 3.63) is 71.8 Å². The number of rotatable bonds is 37. The molecule has 2 aromatic carbocycles. The van der Waals surface area contributed by atoms with Gasteiger partial charge < -0.3 is 23.9 Å². The largest absolute Gasteiger partial charge is 1.00 e. The monoisotopic (exact) mass is 940 g/mol. The number of carbonyl (C=O) groups excluding carboxylic acids is 3. The summed E-state index contributed by atoms with van der Waals surface area (Å²) in [6, 6.07) is 20.8. The molecule has 0 aromatic heterocycles. The first-order valence-corrected chi connectivity index (χ1v) is 25.7. The minimum atomic E-state index is -5.28. The van der Waals surface area contributed by atoms with E-state index in [1.807, 2.05) is 24.3 Å². The number of aliphatic hydroxyl groups excluding tert-OH is 1. The molecule has 65 heavy (non-hydrogen) atoms. The zero-order chi connectivity index (χ0) is 46.1. The van der Waals surface area contributed by atoms with E-state index in [1.165, 1.54) is 43.2 Å². The summed E-state index contributed by atoms with van der Waals surface area (Å²) in [5, 5.41) is 10.1. The number of benzene rings is 2. The van der Waals surface area contributed by atoms with Crippen LogP contribution in [0.2, 0.25) is 0 Å². The van der Waals surface area contributed by atoms with Crippen LogP contribution in [0, 0.1) is 0 Å². The quantitative estimate of drug-likeness (QED) is 0.0176. The third kappa shape index (κ3) is 29.2. The first-order chi connectivity index (χ1) is 31.1. The maximum Gasteiger partial charge on any atom is 1.00 e. The number of hydroxylamine groups is 1. The van der Waals surface area contributed by atoms with Crippen LogP contribution in [-0.4, -0.2) is 73.2 Å². The second-order valence-electron chi connectivity index (χ2n) is 17.3. The van der Waals surface area contributed by atoms with Gasteiger partial charge in [-0.1, -0.05) is 170 Å². The molecule has 5 atom stereocenters. The molecule has 1 aliphatic heterocycles. The van der Waals surface area contributed by atoms with Crippen LogP contribution in [0.3, 0.4) is 0 Å². The Hall–Kier alpha value is -2.40. The van der Waals surface area contributed by atoms with E-state index in [-0.39, 0.29) is 61.2 Å². The zero-order valence-corrected chi connectivity index (χ0v) is 42.3. The first kappa shape index (κ1) is 58.7. The predicted octanol–water partition coefficient (Wildman–Crippen LogP) is 7.07. The van der Waals surface area contributed by atoms with E-state index in [9.17, 15) is 32.5 Å². The van der Waals surface area contributed by atoms with Gasteiger partial charge in [-0.05, 0) is 62.5 Å². The fraction of sp³-hybridized carbons (Fsp3) is 0.700.